The second-order valence-corrected chi connectivity index (χ2v) is 8.45. The van der Waals surface area contributed by atoms with Gasteiger partial charge in [0.15, 0.2) is 0 Å². The smallest absolute Gasteiger partial charge is 0.142 e. The number of hydrogen-bond donors (Lipinski definition) is 1. The van der Waals surface area contributed by atoms with Gasteiger partial charge in [-0.15, -0.1) is 0 Å². The van der Waals surface area contributed by atoms with Crippen LogP contribution in [-0.2, 0) is 4.74 Å². The summed E-state index contributed by atoms with van der Waals surface area (Å²) in [4.78, 5) is 2.44. The highest BCUT2D eigenvalue weighted by Crippen LogP contribution is 2.43. The van der Waals surface area contributed by atoms with Crippen molar-refractivity contribution in [3.8, 4) is 11.5 Å². The number of fused-ring (bicyclic) bond motifs is 1. The summed E-state index contributed by atoms with van der Waals surface area (Å²) in [6, 6.07) is 16.5. The Labute approximate surface area is 186 Å². The van der Waals surface area contributed by atoms with Gasteiger partial charge in [-0.1, -0.05) is 50.3 Å². The first kappa shape index (κ1) is 23.2. The predicted molar refractivity (Wildman–Crippen MR) is 127 cm³/mol. The van der Waals surface area contributed by atoms with E-state index in [-0.39, 0.29) is 17.7 Å². The number of hydrogen-bond acceptors (Lipinski definition) is 5. The quantitative estimate of drug-likeness (QED) is 0.413. The van der Waals surface area contributed by atoms with Crippen molar-refractivity contribution < 1.29 is 14.2 Å². The van der Waals surface area contributed by atoms with Gasteiger partial charge in [0.2, 0.25) is 0 Å². The monoisotopic (exact) mass is 424 g/mol. The predicted octanol–water partition coefficient (Wildman–Crippen LogP) is 5.32. The molecule has 168 valence electrons. The zero-order valence-electron chi connectivity index (χ0n) is 19.3. The van der Waals surface area contributed by atoms with Gasteiger partial charge in [0.05, 0.1) is 25.4 Å². The van der Waals surface area contributed by atoms with E-state index in [0.29, 0.717) is 13.2 Å². The number of nitrogens with zero attached hydrogens (tertiary/aromatic N) is 1. The molecule has 2 atom stereocenters. The fourth-order valence-electron chi connectivity index (χ4n) is 4.25. The topological polar surface area (TPSA) is 57.0 Å². The van der Waals surface area contributed by atoms with Crippen LogP contribution in [0.3, 0.4) is 0 Å². The molecule has 3 rings (SSSR count). The molecule has 0 bridgehead atoms. The third kappa shape index (κ3) is 5.05. The molecule has 2 aromatic carbocycles. The Balaban J connectivity index is 1.97. The molecule has 2 unspecified atom stereocenters. The van der Waals surface area contributed by atoms with Gasteiger partial charge in [-0.2, -0.15) is 0 Å². The van der Waals surface area contributed by atoms with Crippen molar-refractivity contribution >= 4 is 5.69 Å². The molecular formula is C26H36N2O3. The highest BCUT2D eigenvalue weighted by Gasteiger charge is 2.40. The van der Waals surface area contributed by atoms with Crippen LogP contribution in [0.4, 0.5) is 5.69 Å². The van der Waals surface area contributed by atoms with E-state index in [1.807, 2.05) is 31.2 Å². The Morgan fingerprint density at radius 1 is 1.19 bits per heavy atom. The van der Waals surface area contributed by atoms with E-state index in [1.165, 1.54) is 5.56 Å². The molecule has 0 radical (unpaired) electrons. The van der Waals surface area contributed by atoms with Crippen LogP contribution in [-0.4, -0.2) is 33.1 Å². The van der Waals surface area contributed by atoms with Crippen molar-refractivity contribution in [3.63, 3.8) is 0 Å². The number of para-hydroxylation sites is 2. The van der Waals surface area contributed by atoms with Crippen molar-refractivity contribution in [2.75, 3.05) is 31.8 Å². The van der Waals surface area contributed by atoms with Crippen LogP contribution in [0.1, 0.15) is 45.2 Å². The molecule has 0 aliphatic carbocycles. The number of anilines is 1. The van der Waals surface area contributed by atoms with Crippen molar-refractivity contribution in [2.45, 2.75) is 45.9 Å². The van der Waals surface area contributed by atoms with E-state index < -0.39 is 0 Å². The summed E-state index contributed by atoms with van der Waals surface area (Å²) < 4.78 is 17.6. The standard InChI is InChI=1S/C26H36N2O3/c1-6-26(7-2,25(27)31-16-19(3)4)18-28-22-10-8-9-11-24(22)30-17-23(28)20-12-14-21(29-5)15-13-20/h8-15,23,25H,3,6-7,16-18,27H2,1-2,4-5H3. The molecule has 0 spiro atoms. The summed E-state index contributed by atoms with van der Waals surface area (Å²) in [7, 11) is 1.69. The Kier molecular flexibility index (Phi) is 7.63. The van der Waals surface area contributed by atoms with Gasteiger partial charge in [-0.25, -0.2) is 0 Å². The normalized spacial score (nSPS) is 16.9. The van der Waals surface area contributed by atoms with Crippen LogP contribution >= 0.6 is 0 Å². The van der Waals surface area contributed by atoms with Gasteiger partial charge in [0, 0.05) is 12.0 Å². The average Bonchev–Trinajstić information content (AvgIpc) is 2.81. The van der Waals surface area contributed by atoms with Crippen LogP contribution < -0.4 is 20.1 Å². The van der Waals surface area contributed by atoms with Crippen molar-refractivity contribution in [2.24, 2.45) is 11.1 Å². The maximum Gasteiger partial charge on any atom is 0.142 e. The SMILES string of the molecule is C=C(C)COC(N)C(CC)(CC)CN1c2ccccc2OCC1c1ccc(OC)cc1. The van der Waals surface area contributed by atoms with Crippen LogP contribution in [0.25, 0.3) is 0 Å². The molecule has 2 N–H and O–H groups in total. The van der Waals surface area contributed by atoms with Gasteiger partial charge in [-0.05, 0) is 49.6 Å². The van der Waals surface area contributed by atoms with Crippen LogP contribution in [0.2, 0.25) is 0 Å². The zero-order chi connectivity index (χ0) is 22.4. The number of ether oxygens (including phenoxy) is 3. The molecule has 31 heavy (non-hydrogen) atoms. The summed E-state index contributed by atoms with van der Waals surface area (Å²) in [5.74, 6) is 1.75. The Bertz CT molecular complexity index is 861. The van der Waals surface area contributed by atoms with Crippen molar-refractivity contribution in [3.05, 3.63) is 66.2 Å². The summed E-state index contributed by atoms with van der Waals surface area (Å²) >= 11 is 0. The van der Waals surface area contributed by atoms with E-state index >= 15 is 0 Å². The van der Waals surface area contributed by atoms with E-state index in [9.17, 15) is 0 Å². The number of rotatable bonds is 10. The minimum absolute atomic E-state index is 0.0756. The first-order chi connectivity index (χ1) is 14.9. The summed E-state index contributed by atoms with van der Waals surface area (Å²) in [6.07, 6.45) is 1.44. The molecule has 5 nitrogen and oxygen atoms in total. The molecule has 0 saturated heterocycles. The number of methoxy groups -OCH3 is 1. The molecule has 0 saturated carbocycles. The summed E-state index contributed by atoms with van der Waals surface area (Å²) in [6.45, 7) is 12.1. The Hall–Kier alpha value is -2.50. The first-order valence-corrected chi connectivity index (χ1v) is 11.1. The van der Waals surface area contributed by atoms with Gasteiger partial charge in [-0.3, -0.25) is 0 Å². The lowest BCUT2D eigenvalue weighted by Crippen LogP contribution is -2.52. The lowest BCUT2D eigenvalue weighted by Gasteiger charge is -2.46. The highest BCUT2D eigenvalue weighted by molar-refractivity contribution is 5.62. The molecule has 1 heterocycles. The first-order valence-electron chi connectivity index (χ1n) is 11.1. The second-order valence-electron chi connectivity index (χ2n) is 8.45. The maximum atomic E-state index is 6.64. The summed E-state index contributed by atoms with van der Waals surface area (Å²) in [5, 5.41) is 0. The van der Waals surface area contributed by atoms with Crippen molar-refractivity contribution in [1.82, 2.24) is 0 Å². The molecule has 0 aromatic heterocycles. The molecule has 1 aliphatic rings. The molecule has 1 aliphatic heterocycles. The van der Waals surface area contributed by atoms with Gasteiger partial charge in [0.1, 0.15) is 24.3 Å². The fraction of sp³-hybridized carbons (Fsp3) is 0.462. The number of nitrogens with two attached hydrogens (primary N) is 1. The second kappa shape index (κ2) is 10.2. The van der Waals surface area contributed by atoms with Gasteiger partial charge < -0.3 is 24.8 Å². The minimum Gasteiger partial charge on any atom is -0.497 e. The van der Waals surface area contributed by atoms with Gasteiger partial charge >= 0.3 is 0 Å². The lowest BCUT2D eigenvalue weighted by atomic mass is 9.79. The molecule has 2 aromatic rings. The lowest BCUT2D eigenvalue weighted by molar-refractivity contribution is -0.0309. The van der Waals surface area contributed by atoms with Crippen LogP contribution in [0.15, 0.2) is 60.7 Å². The van der Waals surface area contributed by atoms with Crippen LogP contribution in [0.5, 0.6) is 11.5 Å². The Morgan fingerprint density at radius 3 is 2.48 bits per heavy atom. The van der Waals surface area contributed by atoms with E-state index in [2.05, 4.69) is 49.6 Å². The van der Waals surface area contributed by atoms with E-state index in [0.717, 1.165) is 42.1 Å². The molecule has 5 heteroatoms. The Morgan fingerprint density at radius 2 is 1.87 bits per heavy atom. The zero-order valence-corrected chi connectivity index (χ0v) is 19.3. The highest BCUT2D eigenvalue weighted by atomic mass is 16.5. The summed E-state index contributed by atoms with van der Waals surface area (Å²) in [5.41, 5.74) is 9.69. The van der Waals surface area contributed by atoms with Crippen molar-refractivity contribution in [1.29, 1.82) is 0 Å². The van der Waals surface area contributed by atoms with E-state index in [1.54, 1.807) is 7.11 Å². The van der Waals surface area contributed by atoms with Gasteiger partial charge in [0.25, 0.3) is 0 Å². The molecular weight excluding hydrogens is 388 g/mol. The maximum absolute atomic E-state index is 6.64. The van der Waals surface area contributed by atoms with Crippen LogP contribution in [0, 0.1) is 5.41 Å². The largest absolute Gasteiger partial charge is 0.497 e. The molecule has 0 amide bonds. The average molecular weight is 425 g/mol. The third-order valence-corrected chi connectivity index (χ3v) is 6.45. The minimum atomic E-state index is -0.384. The number of benzene rings is 2. The fourth-order valence-corrected chi connectivity index (χ4v) is 4.25. The van der Waals surface area contributed by atoms with E-state index in [4.69, 9.17) is 19.9 Å². The third-order valence-electron chi connectivity index (χ3n) is 6.45. The molecule has 0 fully saturated rings.